The number of nitrogens with one attached hydrogen (secondary N) is 2. The number of sulfonamides is 2. The molecule has 0 aliphatic heterocycles. The van der Waals surface area contributed by atoms with Crippen LogP contribution in [0.4, 0.5) is 15.8 Å². The molecule has 1 amide bonds. The standard InChI is InChI=1S/C14H14FN3O5S2/c1-24(20,21)18-13-8-10(5-6-12(13)15)17-14(19)9-3-2-4-11(7-9)25(16,22)23/h2-8,18H,1H3,(H,17,19)(H2,16,22,23). The summed E-state index contributed by atoms with van der Waals surface area (Å²) >= 11 is 0. The number of benzene rings is 2. The minimum Gasteiger partial charge on any atom is -0.322 e. The molecule has 0 atom stereocenters. The normalized spacial score (nSPS) is 11.8. The summed E-state index contributed by atoms with van der Waals surface area (Å²) in [5.74, 6) is -1.50. The lowest BCUT2D eigenvalue weighted by Gasteiger charge is -2.10. The number of anilines is 2. The SMILES string of the molecule is CS(=O)(=O)Nc1cc(NC(=O)c2cccc(S(N)(=O)=O)c2)ccc1F. The summed E-state index contributed by atoms with van der Waals surface area (Å²) in [4.78, 5) is 12.0. The zero-order valence-corrected chi connectivity index (χ0v) is 14.5. The zero-order valence-electron chi connectivity index (χ0n) is 12.9. The Balaban J connectivity index is 2.28. The molecule has 134 valence electrons. The fourth-order valence-corrected chi connectivity index (χ4v) is 3.01. The topological polar surface area (TPSA) is 135 Å². The Labute approximate surface area is 144 Å². The van der Waals surface area contributed by atoms with Crippen LogP contribution in [0.1, 0.15) is 10.4 Å². The van der Waals surface area contributed by atoms with Gasteiger partial charge in [-0.15, -0.1) is 0 Å². The van der Waals surface area contributed by atoms with E-state index in [0.717, 1.165) is 24.5 Å². The van der Waals surface area contributed by atoms with Crippen LogP contribution in [0.25, 0.3) is 0 Å². The first kappa shape index (κ1) is 18.8. The third kappa shape index (κ3) is 5.24. The lowest BCUT2D eigenvalue weighted by Crippen LogP contribution is -2.16. The molecule has 0 saturated heterocycles. The summed E-state index contributed by atoms with van der Waals surface area (Å²) in [5, 5.41) is 7.42. The molecule has 0 unspecified atom stereocenters. The van der Waals surface area contributed by atoms with E-state index < -0.39 is 31.8 Å². The lowest BCUT2D eigenvalue weighted by atomic mass is 10.2. The first-order valence-electron chi connectivity index (χ1n) is 6.67. The monoisotopic (exact) mass is 387 g/mol. The van der Waals surface area contributed by atoms with Crippen LogP contribution in [0, 0.1) is 5.82 Å². The number of carbonyl (C=O) groups excluding carboxylic acids is 1. The van der Waals surface area contributed by atoms with Crippen LogP contribution in [-0.2, 0) is 20.0 Å². The van der Waals surface area contributed by atoms with Crippen molar-refractivity contribution in [2.24, 2.45) is 5.14 Å². The molecule has 0 fully saturated rings. The molecule has 8 nitrogen and oxygen atoms in total. The van der Waals surface area contributed by atoms with Crippen molar-refractivity contribution in [1.29, 1.82) is 0 Å². The number of rotatable bonds is 5. The van der Waals surface area contributed by atoms with E-state index in [1.165, 1.54) is 24.3 Å². The van der Waals surface area contributed by atoms with Crippen LogP contribution in [0.15, 0.2) is 47.4 Å². The zero-order chi connectivity index (χ0) is 18.8. The minimum atomic E-state index is -3.97. The predicted molar refractivity (Wildman–Crippen MR) is 90.6 cm³/mol. The van der Waals surface area contributed by atoms with Crippen molar-refractivity contribution in [2.75, 3.05) is 16.3 Å². The molecule has 0 bridgehead atoms. The van der Waals surface area contributed by atoms with E-state index in [1.54, 1.807) is 0 Å². The Morgan fingerprint density at radius 3 is 2.36 bits per heavy atom. The second kappa shape index (κ2) is 6.78. The van der Waals surface area contributed by atoms with Gasteiger partial charge in [0.1, 0.15) is 5.82 Å². The summed E-state index contributed by atoms with van der Waals surface area (Å²) in [7, 11) is -7.67. The number of halogens is 1. The number of primary sulfonamides is 1. The molecule has 0 aliphatic carbocycles. The Bertz CT molecular complexity index is 1040. The Hall–Kier alpha value is -2.50. The van der Waals surface area contributed by atoms with Gasteiger partial charge in [0.15, 0.2) is 0 Å². The molecule has 2 aromatic carbocycles. The molecule has 0 heterocycles. The number of nitrogens with two attached hydrogens (primary N) is 1. The van der Waals surface area contributed by atoms with Gasteiger partial charge in [0.25, 0.3) is 5.91 Å². The average Bonchev–Trinajstić information content (AvgIpc) is 2.48. The van der Waals surface area contributed by atoms with Gasteiger partial charge in [0.05, 0.1) is 16.8 Å². The quantitative estimate of drug-likeness (QED) is 0.706. The largest absolute Gasteiger partial charge is 0.322 e. The van der Waals surface area contributed by atoms with Crippen LogP contribution >= 0.6 is 0 Å². The summed E-state index contributed by atoms with van der Waals surface area (Å²) in [6.07, 6.45) is 0.858. The van der Waals surface area contributed by atoms with Crippen LogP contribution in [-0.4, -0.2) is 29.0 Å². The third-order valence-electron chi connectivity index (χ3n) is 2.94. The van der Waals surface area contributed by atoms with Gasteiger partial charge in [-0.3, -0.25) is 9.52 Å². The summed E-state index contributed by atoms with van der Waals surface area (Å²) in [6, 6.07) is 8.33. The minimum absolute atomic E-state index is 0.00784. The van der Waals surface area contributed by atoms with Gasteiger partial charge in [-0.2, -0.15) is 0 Å². The maximum atomic E-state index is 13.6. The number of amides is 1. The Morgan fingerprint density at radius 1 is 1.08 bits per heavy atom. The summed E-state index contributed by atoms with van der Waals surface area (Å²) in [6.45, 7) is 0. The van der Waals surface area contributed by atoms with Crippen molar-refractivity contribution in [3.63, 3.8) is 0 Å². The lowest BCUT2D eigenvalue weighted by molar-refractivity contribution is 0.102. The van der Waals surface area contributed by atoms with Gasteiger partial charge in [-0.05, 0) is 36.4 Å². The van der Waals surface area contributed by atoms with E-state index in [9.17, 15) is 26.0 Å². The van der Waals surface area contributed by atoms with E-state index in [0.29, 0.717) is 0 Å². The molecule has 2 rings (SSSR count). The number of carbonyl (C=O) groups is 1. The van der Waals surface area contributed by atoms with Gasteiger partial charge in [0.2, 0.25) is 20.0 Å². The van der Waals surface area contributed by atoms with Crippen molar-refractivity contribution in [3.05, 3.63) is 53.8 Å². The summed E-state index contributed by atoms with van der Waals surface area (Å²) < 4.78 is 60.7. The summed E-state index contributed by atoms with van der Waals surface area (Å²) in [5.41, 5.74) is -0.217. The average molecular weight is 387 g/mol. The first-order valence-corrected chi connectivity index (χ1v) is 10.1. The molecule has 0 spiro atoms. The molecule has 2 aromatic rings. The van der Waals surface area contributed by atoms with E-state index in [1.807, 2.05) is 4.72 Å². The molecule has 25 heavy (non-hydrogen) atoms. The molecule has 11 heteroatoms. The molecule has 0 aromatic heterocycles. The van der Waals surface area contributed by atoms with E-state index in [2.05, 4.69) is 5.32 Å². The first-order chi connectivity index (χ1) is 11.5. The van der Waals surface area contributed by atoms with Crippen LogP contribution < -0.4 is 15.2 Å². The maximum absolute atomic E-state index is 13.6. The van der Waals surface area contributed by atoms with Crippen molar-refractivity contribution in [3.8, 4) is 0 Å². The van der Waals surface area contributed by atoms with Gasteiger partial charge in [0, 0.05) is 11.3 Å². The highest BCUT2D eigenvalue weighted by molar-refractivity contribution is 7.92. The molecule has 0 saturated carbocycles. The highest BCUT2D eigenvalue weighted by Gasteiger charge is 2.14. The van der Waals surface area contributed by atoms with Crippen LogP contribution in [0.2, 0.25) is 0 Å². The molecular weight excluding hydrogens is 373 g/mol. The van der Waals surface area contributed by atoms with Gasteiger partial charge in [-0.25, -0.2) is 26.4 Å². The molecular formula is C14H14FN3O5S2. The van der Waals surface area contributed by atoms with Gasteiger partial charge >= 0.3 is 0 Å². The fraction of sp³-hybridized carbons (Fsp3) is 0.0714. The van der Waals surface area contributed by atoms with Crippen molar-refractivity contribution in [2.45, 2.75) is 4.90 Å². The molecule has 4 N–H and O–H groups in total. The second-order valence-corrected chi connectivity index (χ2v) is 8.41. The van der Waals surface area contributed by atoms with Crippen molar-refractivity contribution < 1.29 is 26.0 Å². The molecule has 0 aliphatic rings. The fourth-order valence-electron chi connectivity index (χ4n) is 1.90. The van der Waals surface area contributed by atoms with E-state index in [4.69, 9.17) is 5.14 Å². The molecule has 0 radical (unpaired) electrons. The smallest absolute Gasteiger partial charge is 0.255 e. The Morgan fingerprint density at radius 2 is 1.76 bits per heavy atom. The van der Waals surface area contributed by atoms with E-state index in [-0.39, 0.29) is 21.8 Å². The highest BCUT2D eigenvalue weighted by atomic mass is 32.2. The van der Waals surface area contributed by atoms with Gasteiger partial charge in [-0.1, -0.05) is 6.07 Å². The van der Waals surface area contributed by atoms with Crippen LogP contribution in [0.3, 0.4) is 0 Å². The van der Waals surface area contributed by atoms with Crippen molar-refractivity contribution >= 4 is 37.3 Å². The Kier molecular flexibility index (Phi) is 5.11. The van der Waals surface area contributed by atoms with Crippen molar-refractivity contribution in [1.82, 2.24) is 0 Å². The van der Waals surface area contributed by atoms with Gasteiger partial charge < -0.3 is 5.32 Å². The third-order valence-corrected chi connectivity index (χ3v) is 4.45. The van der Waals surface area contributed by atoms with Crippen LogP contribution in [0.5, 0.6) is 0 Å². The second-order valence-electron chi connectivity index (χ2n) is 5.10. The predicted octanol–water partition coefficient (Wildman–Crippen LogP) is 1.10. The maximum Gasteiger partial charge on any atom is 0.255 e. The highest BCUT2D eigenvalue weighted by Crippen LogP contribution is 2.21. The number of hydrogen-bond acceptors (Lipinski definition) is 5. The van der Waals surface area contributed by atoms with E-state index >= 15 is 0 Å². The number of hydrogen-bond donors (Lipinski definition) is 3.